The first-order chi connectivity index (χ1) is 13.5. The quantitative estimate of drug-likeness (QED) is 0.318. The van der Waals surface area contributed by atoms with E-state index in [0.717, 1.165) is 23.2 Å². The lowest BCUT2D eigenvalue weighted by Crippen LogP contribution is -2.04. The lowest BCUT2D eigenvalue weighted by atomic mass is 10.2. The number of nitrogens with one attached hydrogen (secondary N) is 1. The normalized spacial score (nSPS) is 11.5. The van der Waals surface area contributed by atoms with Crippen molar-refractivity contribution < 1.29 is 10.0 Å². The Bertz CT molecular complexity index is 1270. The van der Waals surface area contributed by atoms with E-state index >= 15 is 0 Å². The van der Waals surface area contributed by atoms with E-state index in [2.05, 4.69) is 25.7 Å². The minimum absolute atomic E-state index is 0.0367. The molecule has 140 valence electrons. The molecule has 4 rings (SSSR count). The highest BCUT2D eigenvalue weighted by Crippen LogP contribution is 2.30. The summed E-state index contributed by atoms with van der Waals surface area (Å²) < 4.78 is 1.88. The molecule has 10 nitrogen and oxygen atoms in total. The lowest BCUT2D eigenvalue weighted by Gasteiger charge is -2.10. The summed E-state index contributed by atoms with van der Waals surface area (Å²) in [4.78, 5) is 14.5. The molecule has 1 N–H and O–H groups in total. The Morgan fingerprint density at radius 3 is 2.86 bits per heavy atom. The molecule has 28 heavy (non-hydrogen) atoms. The van der Waals surface area contributed by atoms with Crippen molar-refractivity contribution in [2.45, 2.75) is 0 Å². The van der Waals surface area contributed by atoms with E-state index in [4.69, 9.17) is 11.6 Å². The third-order valence-electron chi connectivity index (χ3n) is 4.13. The average Bonchev–Trinajstić information content (AvgIpc) is 2.96. The number of aromatic nitrogens is 4. The van der Waals surface area contributed by atoms with Gasteiger partial charge in [0, 0.05) is 23.5 Å². The van der Waals surface area contributed by atoms with Crippen molar-refractivity contribution in [2.24, 2.45) is 12.1 Å². The Kier molecular flexibility index (Phi) is 4.24. The Hall–Kier alpha value is -3.79. The third kappa shape index (κ3) is 2.95. The highest BCUT2D eigenvalue weighted by molar-refractivity contribution is 6.31. The molecule has 2 heterocycles. The van der Waals surface area contributed by atoms with Crippen molar-refractivity contribution in [3.8, 4) is 5.75 Å². The molecule has 4 aromatic rings. The van der Waals surface area contributed by atoms with Gasteiger partial charge in [0.15, 0.2) is 5.65 Å². The van der Waals surface area contributed by atoms with Gasteiger partial charge in [0.05, 0.1) is 16.7 Å². The molecule has 0 radical (unpaired) electrons. The molecule has 11 heteroatoms. The lowest BCUT2D eigenvalue weighted by molar-refractivity contribution is -0.398. The molecule has 0 aliphatic carbocycles. The maximum absolute atomic E-state index is 12.1. The number of anilines is 1. The Balaban J connectivity index is 1.65. The minimum atomic E-state index is -0.792. The summed E-state index contributed by atoms with van der Waals surface area (Å²) in [5.41, 5.74) is 4.13. The summed E-state index contributed by atoms with van der Waals surface area (Å²) in [5, 5.41) is 36.0. The predicted octanol–water partition coefficient (Wildman–Crippen LogP) is 2.60. The maximum Gasteiger partial charge on any atom is 0.265 e. The van der Waals surface area contributed by atoms with Crippen LogP contribution in [0.25, 0.3) is 22.1 Å². The smallest absolute Gasteiger partial charge is 0.265 e. The van der Waals surface area contributed by atoms with Crippen LogP contribution in [0.2, 0.25) is 5.02 Å². The highest BCUT2D eigenvalue weighted by atomic mass is 35.5. The number of fused-ring (bicyclic) bond motifs is 3. The average molecular weight is 397 g/mol. The number of hydrazone groups is 1. The Morgan fingerprint density at radius 1 is 1.29 bits per heavy atom. The SMILES string of the molecule is Cn1c2ccccc2c2nnc(N/N=C\c3cc(Cl)cc([N+](=O)[O-])c3[O-])nc21. The van der Waals surface area contributed by atoms with Crippen molar-refractivity contribution >= 4 is 51.5 Å². The van der Waals surface area contributed by atoms with Gasteiger partial charge in [-0.2, -0.15) is 10.1 Å². The van der Waals surface area contributed by atoms with Gasteiger partial charge in [0.1, 0.15) is 5.52 Å². The zero-order chi connectivity index (χ0) is 19.8. The summed E-state index contributed by atoms with van der Waals surface area (Å²) in [7, 11) is 1.86. The minimum Gasteiger partial charge on any atom is -0.867 e. The molecule has 2 aromatic carbocycles. The van der Waals surface area contributed by atoms with Crippen molar-refractivity contribution in [1.29, 1.82) is 0 Å². The summed E-state index contributed by atoms with van der Waals surface area (Å²) in [6.07, 6.45) is 1.12. The van der Waals surface area contributed by atoms with E-state index in [-0.39, 0.29) is 16.5 Å². The van der Waals surface area contributed by atoms with Crippen molar-refractivity contribution in [1.82, 2.24) is 19.7 Å². The van der Waals surface area contributed by atoms with Crippen LogP contribution in [0.5, 0.6) is 5.75 Å². The number of halogens is 1. The molecule has 0 fully saturated rings. The van der Waals surface area contributed by atoms with Crippen LogP contribution in [0, 0.1) is 10.1 Å². The topological polar surface area (TPSA) is 134 Å². The Labute approximate surface area is 162 Å². The second-order valence-electron chi connectivity index (χ2n) is 5.85. The predicted molar refractivity (Wildman–Crippen MR) is 103 cm³/mol. The van der Waals surface area contributed by atoms with Crippen molar-refractivity contribution in [3.63, 3.8) is 0 Å². The molecule has 0 amide bonds. The molecule has 0 saturated carbocycles. The molecule has 0 spiro atoms. The first-order valence-electron chi connectivity index (χ1n) is 7.97. The molecular weight excluding hydrogens is 386 g/mol. The zero-order valence-corrected chi connectivity index (χ0v) is 15.1. The fourth-order valence-electron chi connectivity index (χ4n) is 2.84. The number of benzene rings is 2. The van der Waals surface area contributed by atoms with Gasteiger partial charge < -0.3 is 9.67 Å². The molecule has 0 atom stereocenters. The fraction of sp³-hybridized carbons (Fsp3) is 0.0588. The number of aryl methyl sites for hydroxylation is 1. The molecule has 0 bridgehead atoms. The molecule has 2 aromatic heterocycles. The number of para-hydroxylation sites is 1. The second-order valence-corrected chi connectivity index (χ2v) is 6.29. The van der Waals surface area contributed by atoms with Crippen LogP contribution in [0.1, 0.15) is 5.56 Å². The second kappa shape index (κ2) is 6.74. The maximum atomic E-state index is 12.1. The molecule has 0 aliphatic rings. The number of hydrogen-bond acceptors (Lipinski definition) is 8. The molecule has 0 unspecified atom stereocenters. The standard InChI is InChI=1S/C17H12ClN7O3/c1-24-12-5-3-2-4-11(12)14-16(24)20-17(23-21-14)22-19-8-9-6-10(18)7-13(15(9)26)25(27)28/h2-8,26H,1H3,(H,20,22,23)/p-1/b19-8-. The molecule has 0 aliphatic heterocycles. The van der Waals surface area contributed by atoms with E-state index in [1.165, 1.54) is 6.07 Å². The van der Waals surface area contributed by atoms with Crippen LogP contribution in [0.15, 0.2) is 41.5 Å². The van der Waals surface area contributed by atoms with E-state index in [1.54, 1.807) is 0 Å². The van der Waals surface area contributed by atoms with Gasteiger partial charge in [-0.25, -0.2) is 5.43 Å². The number of nitro benzene ring substituents is 1. The third-order valence-corrected chi connectivity index (χ3v) is 4.35. The highest BCUT2D eigenvalue weighted by Gasteiger charge is 2.13. The first kappa shape index (κ1) is 17.6. The van der Waals surface area contributed by atoms with Crippen LogP contribution in [-0.4, -0.2) is 30.9 Å². The zero-order valence-electron chi connectivity index (χ0n) is 14.3. The van der Waals surface area contributed by atoms with Gasteiger partial charge >= 0.3 is 0 Å². The first-order valence-corrected chi connectivity index (χ1v) is 8.35. The van der Waals surface area contributed by atoms with Gasteiger partial charge in [-0.15, -0.1) is 10.2 Å². The number of nitrogens with zero attached hydrogens (tertiary/aromatic N) is 6. The van der Waals surface area contributed by atoms with Crippen LogP contribution in [-0.2, 0) is 7.05 Å². The summed E-state index contributed by atoms with van der Waals surface area (Å²) >= 11 is 5.82. The van der Waals surface area contributed by atoms with Crippen LogP contribution in [0.4, 0.5) is 11.6 Å². The molecule has 0 saturated heterocycles. The van der Waals surface area contributed by atoms with Crippen molar-refractivity contribution in [2.75, 3.05) is 5.43 Å². The van der Waals surface area contributed by atoms with Crippen molar-refractivity contribution in [3.05, 3.63) is 57.1 Å². The summed E-state index contributed by atoms with van der Waals surface area (Å²) in [6.45, 7) is 0. The monoisotopic (exact) mass is 396 g/mol. The van der Waals surface area contributed by atoms with Crippen LogP contribution in [0.3, 0.4) is 0 Å². The Morgan fingerprint density at radius 2 is 2.07 bits per heavy atom. The van der Waals surface area contributed by atoms with E-state index in [1.807, 2.05) is 35.9 Å². The largest absolute Gasteiger partial charge is 0.867 e. The van der Waals surface area contributed by atoms with Gasteiger partial charge in [0.25, 0.3) is 11.6 Å². The van der Waals surface area contributed by atoms with E-state index < -0.39 is 16.4 Å². The van der Waals surface area contributed by atoms with Gasteiger partial charge in [-0.3, -0.25) is 10.1 Å². The number of hydrogen-bond donors (Lipinski definition) is 1. The molecular formula is C17H11ClN7O3-. The van der Waals surface area contributed by atoms with Crippen LogP contribution >= 0.6 is 11.6 Å². The number of rotatable bonds is 4. The van der Waals surface area contributed by atoms with Crippen LogP contribution < -0.4 is 10.5 Å². The van der Waals surface area contributed by atoms with E-state index in [9.17, 15) is 15.2 Å². The van der Waals surface area contributed by atoms with Gasteiger partial charge in [-0.1, -0.05) is 29.8 Å². The van der Waals surface area contributed by atoms with Gasteiger partial charge in [-0.05, 0) is 23.4 Å². The van der Waals surface area contributed by atoms with Gasteiger partial charge in [0.2, 0.25) is 0 Å². The summed E-state index contributed by atoms with van der Waals surface area (Å²) in [6, 6.07) is 9.99. The van der Waals surface area contributed by atoms with E-state index in [0.29, 0.717) is 11.2 Å². The fourth-order valence-corrected chi connectivity index (χ4v) is 3.07. The number of nitro groups is 1. The summed E-state index contributed by atoms with van der Waals surface area (Å²) in [5.74, 6) is -0.679.